The Kier molecular flexibility index (Phi) is 6.16. The highest BCUT2D eigenvalue weighted by molar-refractivity contribution is 6.07. The minimum absolute atomic E-state index is 0.0839. The molecule has 3 N–H and O–H groups in total. The maximum atomic E-state index is 13.2. The first-order valence-electron chi connectivity index (χ1n) is 10.1. The van der Waals surface area contributed by atoms with Crippen LogP contribution in [0.1, 0.15) is 28.9 Å². The molecule has 0 fully saturated rings. The molecule has 32 heavy (non-hydrogen) atoms. The number of nitrogens with one attached hydrogen (secondary N) is 3. The molecule has 3 heterocycles. The van der Waals surface area contributed by atoms with E-state index in [0.717, 1.165) is 6.34 Å². The van der Waals surface area contributed by atoms with Crippen molar-refractivity contribution in [1.29, 1.82) is 10.8 Å². The number of hydrogen-bond donors (Lipinski definition) is 3. The van der Waals surface area contributed by atoms with Crippen LogP contribution in [0.25, 0.3) is 11.1 Å². The highest BCUT2D eigenvalue weighted by Gasteiger charge is 2.18. The predicted molar refractivity (Wildman–Crippen MR) is 119 cm³/mol. The van der Waals surface area contributed by atoms with Crippen molar-refractivity contribution in [1.82, 2.24) is 14.9 Å². The quantitative estimate of drug-likeness (QED) is 0.322. The SMILES string of the molecule is N=CN1CCCCOc2ccc(-c3ccc(F)nc3)cc2C(=O)Nc2cccc(n2)C1=N. The summed E-state index contributed by atoms with van der Waals surface area (Å²) < 4.78 is 19.1. The van der Waals surface area contributed by atoms with Crippen LogP contribution in [-0.2, 0) is 0 Å². The summed E-state index contributed by atoms with van der Waals surface area (Å²) in [5, 5.41) is 18.7. The Morgan fingerprint density at radius 2 is 1.97 bits per heavy atom. The van der Waals surface area contributed by atoms with E-state index in [1.54, 1.807) is 42.5 Å². The molecule has 3 aromatic rings. The van der Waals surface area contributed by atoms with Crippen molar-refractivity contribution >= 4 is 23.9 Å². The number of pyridine rings is 2. The molecule has 0 unspecified atom stereocenters. The van der Waals surface area contributed by atoms with Gasteiger partial charge in [-0.1, -0.05) is 12.1 Å². The molecule has 0 saturated heterocycles. The fourth-order valence-corrected chi connectivity index (χ4v) is 3.33. The van der Waals surface area contributed by atoms with Gasteiger partial charge in [-0.25, -0.2) is 9.97 Å². The van der Waals surface area contributed by atoms with Crippen molar-refractivity contribution in [3.8, 4) is 16.9 Å². The van der Waals surface area contributed by atoms with Crippen LogP contribution in [0.2, 0.25) is 0 Å². The molecule has 1 aliphatic rings. The third-order valence-electron chi connectivity index (χ3n) is 5.01. The van der Waals surface area contributed by atoms with Gasteiger partial charge in [0.1, 0.15) is 17.3 Å². The third kappa shape index (κ3) is 4.61. The number of ether oxygens (including phenoxy) is 1. The summed E-state index contributed by atoms with van der Waals surface area (Å²) in [6.45, 7) is 0.855. The summed E-state index contributed by atoms with van der Waals surface area (Å²) in [7, 11) is 0. The molecule has 1 aromatic carbocycles. The normalized spacial score (nSPS) is 14.6. The third-order valence-corrected chi connectivity index (χ3v) is 5.01. The Bertz CT molecular complexity index is 1170. The second-order valence-electron chi connectivity index (χ2n) is 7.17. The number of hydrogen-bond acceptors (Lipinski definition) is 6. The van der Waals surface area contributed by atoms with Gasteiger partial charge in [0.25, 0.3) is 5.91 Å². The zero-order chi connectivity index (χ0) is 22.5. The lowest BCUT2D eigenvalue weighted by molar-refractivity contribution is 0.102. The number of halogens is 1. The summed E-state index contributed by atoms with van der Waals surface area (Å²) >= 11 is 0. The topological polar surface area (TPSA) is 115 Å². The van der Waals surface area contributed by atoms with Crippen LogP contribution in [0.5, 0.6) is 5.75 Å². The molecule has 0 spiro atoms. The second-order valence-corrected chi connectivity index (χ2v) is 7.17. The minimum atomic E-state index is -0.578. The molecule has 1 aliphatic heterocycles. The van der Waals surface area contributed by atoms with E-state index < -0.39 is 11.9 Å². The number of amides is 1. The molecule has 2 bridgehead atoms. The van der Waals surface area contributed by atoms with Gasteiger partial charge < -0.3 is 15.0 Å². The van der Waals surface area contributed by atoms with Crippen LogP contribution in [-0.4, -0.2) is 46.1 Å². The Labute approximate surface area is 184 Å². The van der Waals surface area contributed by atoms with Gasteiger partial charge in [0.05, 0.1) is 18.5 Å². The van der Waals surface area contributed by atoms with Crippen molar-refractivity contribution < 1.29 is 13.9 Å². The van der Waals surface area contributed by atoms with Gasteiger partial charge in [0.2, 0.25) is 5.95 Å². The maximum absolute atomic E-state index is 13.2. The number of aromatic nitrogens is 2. The zero-order valence-electron chi connectivity index (χ0n) is 17.1. The molecule has 1 amide bonds. The molecule has 8 nitrogen and oxygen atoms in total. The van der Waals surface area contributed by atoms with Gasteiger partial charge >= 0.3 is 0 Å². The van der Waals surface area contributed by atoms with Gasteiger partial charge in [-0.05, 0) is 54.8 Å². The number of anilines is 1. The Balaban J connectivity index is 1.71. The molecular weight excluding hydrogens is 411 g/mol. The van der Waals surface area contributed by atoms with Crippen molar-refractivity contribution in [2.45, 2.75) is 12.8 Å². The molecule has 0 atom stereocenters. The van der Waals surface area contributed by atoms with Crippen LogP contribution in [0.3, 0.4) is 0 Å². The summed E-state index contributed by atoms with van der Waals surface area (Å²) in [6.07, 6.45) is 3.88. The maximum Gasteiger partial charge on any atom is 0.260 e. The van der Waals surface area contributed by atoms with Crippen molar-refractivity contribution in [3.05, 3.63) is 71.9 Å². The van der Waals surface area contributed by atoms with Crippen LogP contribution >= 0.6 is 0 Å². The zero-order valence-corrected chi connectivity index (χ0v) is 17.1. The molecule has 0 radical (unpaired) electrons. The van der Waals surface area contributed by atoms with Crippen LogP contribution in [0.4, 0.5) is 10.2 Å². The highest BCUT2D eigenvalue weighted by Crippen LogP contribution is 2.28. The molecule has 0 aliphatic carbocycles. The number of fused-ring (bicyclic) bond motifs is 3. The van der Waals surface area contributed by atoms with Crippen molar-refractivity contribution in [3.63, 3.8) is 0 Å². The smallest absolute Gasteiger partial charge is 0.260 e. The standard InChI is InChI=1S/C23H21FN6O2/c24-20-9-7-16(13-27-20)15-6-8-19-17(12-15)23(31)29-21-5-3-4-18(28-21)22(26)30(14-25)10-1-2-11-32-19/h3-9,12-14,25-26H,1-2,10-11H2,(H,28,29,31). The molecular formula is C23H21FN6O2. The van der Waals surface area contributed by atoms with Gasteiger partial charge in [-0.15, -0.1) is 0 Å². The summed E-state index contributed by atoms with van der Waals surface area (Å²) in [5.41, 5.74) is 2.03. The fourth-order valence-electron chi connectivity index (χ4n) is 3.33. The van der Waals surface area contributed by atoms with Crippen LogP contribution in [0.15, 0.2) is 54.7 Å². The van der Waals surface area contributed by atoms with Gasteiger partial charge in [0.15, 0.2) is 5.84 Å². The van der Waals surface area contributed by atoms with Gasteiger partial charge in [-0.2, -0.15) is 4.39 Å². The van der Waals surface area contributed by atoms with E-state index in [1.807, 2.05) is 0 Å². The first-order valence-corrected chi connectivity index (χ1v) is 10.1. The first-order chi connectivity index (χ1) is 15.5. The van der Waals surface area contributed by atoms with E-state index >= 15 is 0 Å². The number of benzene rings is 1. The molecule has 0 saturated carbocycles. The lowest BCUT2D eigenvalue weighted by Gasteiger charge is -2.20. The molecule has 4 rings (SSSR count). The highest BCUT2D eigenvalue weighted by atomic mass is 19.1. The van der Waals surface area contributed by atoms with Gasteiger partial charge in [-0.3, -0.25) is 15.6 Å². The average Bonchev–Trinajstić information content (AvgIpc) is 2.81. The Hall–Kier alpha value is -4.14. The number of carbonyl (C=O) groups excluding carboxylic acids is 1. The number of nitrogens with zero attached hydrogens (tertiary/aromatic N) is 3. The lowest BCUT2D eigenvalue weighted by Crippen LogP contribution is -2.31. The number of rotatable bonds is 2. The minimum Gasteiger partial charge on any atom is -0.493 e. The van der Waals surface area contributed by atoms with E-state index in [9.17, 15) is 9.18 Å². The number of carbonyl (C=O) groups is 1. The Morgan fingerprint density at radius 1 is 1.12 bits per heavy atom. The van der Waals surface area contributed by atoms with Crippen molar-refractivity contribution in [2.75, 3.05) is 18.5 Å². The van der Waals surface area contributed by atoms with E-state index in [4.69, 9.17) is 15.6 Å². The first kappa shape index (κ1) is 21.1. The summed E-state index contributed by atoms with van der Waals surface area (Å²) in [4.78, 5) is 22.6. The van der Waals surface area contributed by atoms with Gasteiger partial charge in [0, 0.05) is 18.3 Å². The summed E-state index contributed by atoms with van der Waals surface area (Å²) in [6, 6.07) is 13.0. The second kappa shape index (κ2) is 9.34. The largest absolute Gasteiger partial charge is 0.493 e. The lowest BCUT2D eigenvalue weighted by atomic mass is 10.0. The average molecular weight is 432 g/mol. The van der Waals surface area contributed by atoms with E-state index in [-0.39, 0.29) is 11.7 Å². The Morgan fingerprint density at radius 3 is 2.75 bits per heavy atom. The van der Waals surface area contributed by atoms with Crippen LogP contribution < -0.4 is 10.1 Å². The molecule has 9 heteroatoms. The van der Waals surface area contributed by atoms with Crippen molar-refractivity contribution in [2.24, 2.45) is 0 Å². The monoisotopic (exact) mass is 432 g/mol. The number of amidine groups is 1. The van der Waals surface area contributed by atoms with Crippen LogP contribution in [0, 0.1) is 16.8 Å². The fraction of sp³-hybridized carbons (Fsp3) is 0.174. The molecule has 2 aromatic heterocycles. The van der Waals surface area contributed by atoms with E-state index in [0.29, 0.717) is 54.1 Å². The predicted octanol–water partition coefficient (Wildman–Crippen LogP) is 3.94. The van der Waals surface area contributed by atoms with E-state index in [1.165, 1.54) is 17.2 Å². The molecule has 162 valence electrons. The van der Waals surface area contributed by atoms with E-state index in [2.05, 4.69) is 15.3 Å². The summed E-state index contributed by atoms with van der Waals surface area (Å²) in [5.74, 6) is -0.217.